The van der Waals surface area contributed by atoms with Gasteiger partial charge in [0, 0.05) is 12.4 Å². The highest BCUT2D eigenvalue weighted by Gasteiger charge is 2.02. The molecule has 1 rings (SSSR count). The van der Waals surface area contributed by atoms with Crippen molar-refractivity contribution in [3.63, 3.8) is 0 Å². The van der Waals surface area contributed by atoms with Gasteiger partial charge >= 0.3 is 0 Å². The van der Waals surface area contributed by atoms with Crippen molar-refractivity contribution in [1.29, 1.82) is 0 Å². The van der Waals surface area contributed by atoms with Gasteiger partial charge in [-0.3, -0.25) is 9.59 Å². The normalized spacial score (nSPS) is 8.80. The van der Waals surface area contributed by atoms with E-state index in [0.717, 1.165) is 4.90 Å². The molecule has 0 aliphatic carbocycles. The predicted octanol–water partition coefficient (Wildman–Crippen LogP) is -0.471. The Hall–Kier alpha value is -1.65. The van der Waals surface area contributed by atoms with Crippen molar-refractivity contribution in [2.24, 2.45) is 0 Å². The number of hydrogen-bond donors (Lipinski definition) is 1. The average molecular weight is 139 g/mol. The summed E-state index contributed by atoms with van der Waals surface area (Å²) in [4.78, 5) is 27.2. The summed E-state index contributed by atoms with van der Waals surface area (Å²) in [6.45, 7) is 0. The van der Waals surface area contributed by atoms with Crippen LogP contribution in [0.2, 0.25) is 0 Å². The third-order valence-corrected chi connectivity index (χ3v) is 0.955. The third kappa shape index (κ3) is 1.02. The van der Waals surface area contributed by atoms with E-state index in [2.05, 4.69) is 9.97 Å². The molecule has 52 valence electrons. The summed E-state index contributed by atoms with van der Waals surface area (Å²) in [6, 6.07) is 0. The van der Waals surface area contributed by atoms with E-state index in [0.29, 0.717) is 12.8 Å². The molecule has 1 N–H and O–H groups in total. The molecule has 1 aromatic heterocycles. The Kier molecular flexibility index (Phi) is 1.79. The van der Waals surface area contributed by atoms with Gasteiger partial charge < -0.3 is 4.98 Å². The van der Waals surface area contributed by atoms with Crippen molar-refractivity contribution in [1.82, 2.24) is 9.97 Å². The number of carbonyl (C=O) groups is 2. The topological polar surface area (TPSA) is 66.1 Å². The zero-order valence-corrected chi connectivity index (χ0v) is 5.02. The van der Waals surface area contributed by atoms with Crippen molar-refractivity contribution >= 4 is 18.8 Å². The molecule has 1 aromatic rings. The molecular weight excluding hydrogens is 134 g/mol. The summed E-state index contributed by atoms with van der Waals surface area (Å²) in [7, 11) is 0. The maximum Gasteiger partial charge on any atom is 0.223 e. The van der Waals surface area contributed by atoms with Crippen molar-refractivity contribution in [3.8, 4) is 0 Å². The molecule has 0 bridgehead atoms. The van der Waals surface area contributed by atoms with E-state index in [4.69, 9.17) is 0 Å². The first-order valence-corrected chi connectivity index (χ1v) is 2.57. The Labute approximate surface area is 56.7 Å². The van der Waals surface area contributed by atoms with Crippen LogP contribution in [-0.4, -0.2) is 22.8 Å². The first-order chi connectivity index (χ1) is 4.88. The van der Waals surface area contributed by atoms with Crippen LogP contribution in [0.4, 0.5) is 5.95 Å². The van der Waals surface area contributed by atoms with Crippen molar-refractivity contribution in [2.75, 3.05) is 4.90 Å². The minimum Gasteiger partial charge on any atom is -0.330 e. The van der Waals surface area contributed by atoms with Gasteiger partial charge in [0.15, 0.2) is 0 Å². The van der Waals surface area contributed by atoms with Crippen LogP contribution in [0.15, 0.2) is 12.4 Å². The largest absolute Gasteiger partial charge is 0.330 e. The number of imidazole rings is 1. The lowest BCUT2D eigenvalue weighted by Crippen LogP contribution is -2.19. The molecule has 2 amide bonds. The van der Waals surface area contributed by atoms with Crippen molar-refractivity contribution < 1.29 is 9.59 Å². The fourth-order valence-corrected chi connectivity index (χ4v) is 0.523. The Morgan fingerprint density at radius 3 is 2.60 bits per heavy atom. The molecular formula is C5H5N3O2. The molecule has 1 heterocycles. The minimum atomic E-state index is 0.227. The molecule has 0 aromatic carbocycles. The van der Waals surface area contributed by atoms with Crippen LogP contribution in [0, 0.1) is 0 Å². The SMILES string of the molecule is O=CN(C=O)c1ncc[nH]1. The molecule has 0 saturated heterocycles. The quantitative estimate of drug-likeness (QED) is 0.575. The number of imide groups is 1. The molecule has 0 aliphatic rings. The number of H-pyrrole nitrogens is 1. The number of carbonyl (C=O) groups excluding carboxylic acids is 2. The van der Waals surface area contributed by atoms with Crippen LogP contribution < -0.4 is 4.90 Å². The summed E-state index contributed by atoms with van der Waals surface area (Å²) in [5.74, 6) is 0.227. The molecule has 0 aliphatic heterocycles. The fraction of sp³-hybridized carbons (Fsp3) is 0. The number of nitrogens with one attached hydrogen (secondary N) is 1. The summed E-state index contributed by atoms with van der Waals surface area (Å²) < 4.78 is 0. The summed E-state index contributed by atoms with van der Waals surface area (Å²) in [5, 5.41) is 0. The number of anilines is 1. The fourth-order valence-electron chi connectivity index (χ4n) is 0.523. The summed E-state index contributed by atoms with van der Waals surface area (Å²) >= 11 is 0. The molecule has 0 saturated carbocycles. The van der Waals surface area contributed by atoms with Gasteiger partial charge in [0.1, 0.15) is 0 Å². The van der Waals surface area contributed by atoms with Gasteiger partial charge in [0.05, 0.1) is 0 Å². The highest BCUT2D eigenvalue weighted by Crippen LogP contribution is 1.98. The van der Waals surface area contributed by atoms with Gasteiger partial charge in [-0.1, -0.05) is 0 Å². The van der Waals surface area contributed by atoms with E-state index in [9.17, 15) is 9.59 Å². The van der Waals surface area contributed by atoms with E-state index < -0.39 is 0 Å². The number of nitrogens with zero attached hydrogens (tertiary/aromatic N) is 2. The standard InChI is InChI=1S/C5H5N3O2/c9-3-8(4-10)5-6-1-2-7-5/h1-4H,(H,6,7). The van der Waals surface area contributed by atoms with E-state index in [1.807, 2.05) is 0 Å². The predicted molar refractivity (Wildman–Crippen MR) is 33.2 cm³/mol. The van der Waals surface area contributed by atoms with Gasteiger partial charge in [-0.2, -0.15) is 0 Å². The second-order valence-corrected chi connectivity index (χ2v) is 1.53. The highest BCUT2D eigenvalue weighted by atomic mass is 16.2. The average Bonchev–Trinajstić information content (AvgIpc) is 2.43. The van der Waals surface area contributed by atoms with Gasteiger partial charge in [0.25, 0.3) is 0 Å². The number of amides is 2. The lowest BCUT2D eigenvalue weighted by molar-refractivity contribution is -0.114. The van der Waals surface area contributed by atoms with E-state index in [-0.39, 0.29) is 5.95 Å². The molecule has 10 heavy (non-hydrogen) atoms. The monoisotopic (exact) mass is 139 g/mol. The number of aromatic nitrogens is 2. The van der Waals surface area contributed by atoms with Crippen molar-refractivity contribution in [2.45, 2.75) is 0 Å². The van der Waals surface area contributed by atoms with Gasteiger partial charge in [-0.25, -0.2) is 9.88 Å². The maximum atomic E-state index is 10.1. The molecule has 5 nitrogen and oxygen atoms in total. The van der Waals surface area contributed by atoms with Crippen LogP contribution in [0.1, 0.15) is 0 Å². The van der Waals surface area contributed by atoms with Gasteiger partial charge in [0.2, 0.25) is 18.8 Å². The van der Waals surface area contributed by atoms with E-state index in [1.165, 1.54) is 12.4 Å². The van der Waals surface area contributed by atoms with E-state index in [1.54, 1.807) is 0 Å². The van der Waals surface area contributed by atoms with Crippen LogP contribution in [0.25, 0.3) is 0 Å². The minimum absolute atomic E-state index is 0.227. The van der Waals surface area contributed by atoms with Gasteiger partial charge in [-0.05, 0) is 0 Å². The zero-order chi connectivity index (χ0) is 7.40. The first kappa shape index (κ1) is 6.47. The second kappa shape index (κ2) is 2.77. The molecule has 0 radical (unpaired) electrons. The molecule has 5 heteroatoms. The Balaban J connectivity index is 2.82. The third-order valence-electron chi connectivity index (χ3n) is 0.955. The molecule has 0 spiro atoms. The summed E-state index contributed by atoms with van der Waals surface area (Å²) in [6.07, 6.45) is 3.74. The van der Waals surface area contributed by atoms with Crippen molar-refractivity contribution in [3.05, 3.63) is 12.4 Å². The van der Waals surface area contributed by atoms with Crippen LogP contribution in [0.5, 0.6) is 0 Å². The van der Waals surface area contributed by atoms with Crippen LogP contribution >= 0.6 is 0 Å². The molecule has 0 fully saturated rings. The highest BCUT2D eigenvalue weighted by molar-refractivity contribution is 5.92. The van der Waals surface area contributed by atoms with Crippen LogP contribution in [-0.2, 0) is 9.59 Å². The Morgan fingerprint density at radius 2 is 2.20 bits per heavy atom. The number of rotatable bonds is 3. The smallest absolute Gasteiger partial charge is 0.223 e. The Bertz CT molecular complexity index is 211. The number of hydrogen-bond acceptors (Lipinski definition) is 3. The Morgan fingerprint density at radius 1 is 1.50 bits per heavy atom. The molecule has 0 unspecified atom stereocenters. The summed E-state index contributed by atoms with van der Waals surface area (Å²) in [5.41, 5.74) is 0. The maximum absolute atomic E-state index is 10.1. The zero-order valence-electron chi connectivity index (χ0n) is 5.02. The lowest BCUT2D eigenvalue weighted by Gasteiger charge is -2.01. The van der Waals surface area contributed by atoms with Gasteiger partial charge in [-0.15, -0.1) is 0 Å². The second-order valence-electron chi connectivity index (χ2n) is 1.53. The molecule has 0 atom stereocenters. The first-order valence-electron chi connectivity index (χ1n) is 2.57. The van der Waals surface area contributed by atoms with E-state index >= 15 is 0 Å². The van der Waals surface area contributed by atoms with Crippen LogP contribution in [0.3, 0.4) is 0 Å². The number of aromatic amines is 1. The lowest BCUT2D eigenvalue weighted by atomic mass is 10.8.